The number of rotatable bonds is 5. The van der Waals surface area contributed by atoms with Crippen molar-refractivity contribution in [3.05, 3.63) is 59.9 Å². The molecule has 0 spiro atoms. The lowest BCUT2D eigenvalue weighted by Gasteiger charge is -2.26. The number of hydrogen-bond acceptors (Lipinski definition) is 3. The Morgan fingerprint density at radius 2 is 2.00 bits per heavy atom. The monoisotopic (exact) mass is 342 g/mol. The Labute approximate surface area is 145 Å². The van der Waals surface area contributed by atoms with Gasteiger partial charge in [0, 0.05) is 24.3 Å². The SMILES string of the molecule is O=C(CCc1cccc(F)c1)Nc1ccc(N2CCOCC2=O)cc1. The highest BCUT2D eigenvalue weighted by atomic mass is 19.1. The number of anilines is 2. The number of amides is 2. The highest BCUT2D eigenvalue weighted by Gasteiger charge is 2.19. The molecule has 2 amide bonds. The zero-order chi connectivity index (χ0) is 17.6. The van der Waals surface area contributed by atoms with E-state index < -0.39 is 0 Å². The molecule has 1 aliphatic rings. The van der Waals surface area contributed by atoms with Gasteiger partial charge in [0.25, 0.3) is 5.91 Å². The van der Waals surface area contributed by atoms with Crippen LogP contribution in [0.15, 0.2) is 48.5 Å². The van der Waals surface area contributed by atoms with Gasteiger partial charge in [-0.1, -0.05) is 12.1 Å². The Hall–Kier alpha value is -2.73. The molecule has 3 rings (SSSR count). The first kappa shape index (κ1) is 17.1. The number of aryl methyl sites for hydroxylation is 1. The summed E-state index contributed by atoms with van der Waals surface area (Å²) in [6.45, 7) is 1.14. The fraction of sp³-hybridized carbons (Fsp3) is 0.263. The molecule has 0 atom stereocenters. The smallest absolute Gasteiger partial charge is 0.253 e. The van der Waals surface area contributed by atoms with Crippen molar-refractivity contribution in [1.82, 2.24) is 0 Å². The molecule has 1 saturated heterocycles. The number of nitrogens with one attached hydrogen (secondary N) is 1. The number of morpholine rings is 1. The lowest BCUT2D eigenvalue weighted by molar-refractivity contribution is -0.125. The molecule has 25 heavy (non-hydrogen) atoms. The van der Waals surface area contributed by atoms with Gasteiger partial charge in [0.05, 0.1) is 6.61 Å². The van der Waals surface area contributed by atoms with Crippen LogP contribution in [0.5, 0.6) is 0 Å². The largest absolute Gasteiger partial charge is 0.370 e. The summed E-state index contributed by atoms with van der Waals surface area (Å²) < 4.78 is 18.2. The van der Waals surface area contributed by atoms with Crippen molar-refractivity contribution in [2.24, 2.45) is 0 Å². The molecule has 130 valence electrons. The molecule has 2 aromatic rings. The summed E-state index contributed by atoms with van der Waals surface area (Å²) in [5.41, 5.74) is 2.23. The minimum Gasteiger partial charge on any atom is -0.370 e. The minimum absolute atomic E-state index is 0.0712. The van der Waals surface area contributed by atoms with Gasteiger partial charge < -0.3 is 15.0 Å². The number of carbonyl (C=O) groups is 2. The molecule has 6 heteroatoms. The van der Waals surface area contributed by atoms with Crippen molar-refractivity contribution in [3.8, 4) is 0 Å². The molecule has 5 nitrogen and oxygen atoms in total. The van der Waals surface area contributed by atoms with E-state index in [0.29, 0.717) is 25.3 Å². The van der Waals surface area contributed by atoms with Gasteiger partial charge in [0.2, 0.25) is 5.91 Å². The molecule has 1 N–H and O–H groups in total. The van der Waals surface area contributed by atoms with Gasteiger partial charge >= 0.3 is 0 Å². The molecule has 0 aliphatic carbocycles. The maximum absolute atomic E-state index is 13.1. The van der Waals surface area contributed by atoms with E-state index in [-0.39, 0.29) is 30.7 Å². The molecular weight excluding hydrogens is 323 g/mol. The Bertz CT molecular complexity index is 762. The standard InChI is InChI=1S/C19H19FN2O3/c20-15-3-1-2-14(12-15)4-9-18(23)21-16-5-7-17(8-6-16)22-10-11-25-13-19(22)24/h1-3,5-8,12H,4,9-11,13H2,(H,21,23). The van der Waals surface area contributed by atoms with Crippen LogP contribution in [-0.2, 0) is 20.7 Å². The molecule has 1 fully saturated rings. The summed E-state index contributed by atoms with van der Waals surface area (Å²) in [5.74, 6) is -0.510. The summed E-state index contributed by atoms with van der Waals surface area (Å²) in [6, 6.07) is 13.4. The van der Waals surface area contributed by atoms with Crippen LogP contribution in [0.4, 0.5) is 15.8 Å². The normalized spacial score (nSPS) is 14.4. The summed E-state index contributed by atoms with van der Waals surface area (Å²) in [7, 11) is 0. The summed E-state index contributed by atoms with van der Waals surface area (Å²) in [5, 5.41) is 2.81. The molecule has 0 saturated carbocycles. The molecular formula is C19H19FN2O3. The predicted octanol–water partition coefficient (Wildman–Crippen LogP) is 2.76. The van der Waals surface area contributed by atoms with E-state index in [1.165, 1.54) is 12.1 Å². The first-order chi connectivity index (χ1) is 12.1. The van der Waals surface area contributed by atoms with Crippen molar-refractivity contribution in [2.45, 2.75) is 12.8 Å². The summed E-state index contributed by atoms with van der Waals surface area (Å²) in [6.07, 6.45) is 0.747. The average molecular weight is 342 g/mol. The fourth-order valence-electron chi connectivity index (χ4n) is 2.69. The second kappa shape index (κ2) is 7.90. The Balaban J connectivity index is 1.54. The third kappa shape index (κ3) is 4.64. The molecule has 0 aromatic heterocycles. The Morgan fingerprint density at radius 1 is 1.20 bits per heavy atom. The van der Waals surface area contributed by atoms with E-state index in [1.807, 2.05) is 0 Å². The van der Waals surface area contributed by atoms with E-state index in [4.69, 9.17) is 4.74 Å². The topological polar surface area (TPSA) is 58.6 Å². The minimum atomic E-state index is -0.300. The molecule has 1 heterocycles. The summed E-state index contributed by atoms with van der Waals surface area (Å²) >= 11 is 0. The Morgan fingerprint density at radius 3 is 2.72 bits per heavy atom. The Kier molecular flexibility index (Phi) is 5.40. The van der Waals surface area contributed by atoms with Crippen molar-refractivity contribution >= 4 is 23.2 Å². The van der Waals surface area contributed by atoms with Crippen LogP contribution < -0.4 is 10.2 Å². The van der Waals surface area contributed by atoms with Gasteiger partial charge in [-0.15, -0.1) is 0 Å². The number of halogens is 1. The lowest BCUT2D eigenvalue weighted by atomic mass is 10.1. The first-order valence-electron chi connectivity index (χ1n) is 8.14. The van der Waals surface area contributed by atoms with Crippen LogP contribution >= 0.6 is 0 Å². The maximum atomic E-state index is 13.1. The second-order valence-electron chi connectivity index (χ2n) is 5.82. The summed E-state index contributed by atoms with van der Waals surface area (Å²) in [4.78, 5) is 25.5. The zero-order valence-corrected chi connectivity index (χ0v) is 13.7. The van der Waals surface area contributed by atoms with E-state index in [9.17, 15) is 14.0 Å². The number of nitrogens with zero attached hydrogens (tertiary/aromatic N) is 1. The van der Waals surface area contributed by atoms with Gasteiger partial charge in [-0.3, -0.25) is 9.59 Å². The molecule has 0 bridgehead atoms. The predicted molar refractivity (Wildman–Crippen MR) is 93.0 cm³/mol. The van der Waals surface area contributed by atoms with Crippen LogP contribution in [0.25, 0.3) is 0 Å². The molecule has 2 aromatic carbocycles. The number of carbonyl (C=O) groups excluding carboxylic acids is 2. The number of ether oxygens (including phenoxy) is 1. The van der Waals surface area contributed by atoms with Gasteiger partial charge in [0.15, 0.2) is 0 Å². The number of hydrogen-bond donors (Lipinski definition) is 1. The van der Waals surface area contributed by atoms with E-state index in [1.54, 1.807) is 41.3 Å². The van der Waals surface area contributed by atoms with Crippen LogP contribution in [0.1, 0.15) is 12.0 Å². The van der Waals surface area contributed by atoms with Gasteiger partial charge in [-0.25, -0.2) is 4.39 Å². The van der Waals surface area contributed by atoms with Crippen LogP contribution in [0.2, 0.25) is 0 Å². The molecule has 1 aliphatic heterocycles. The number of benzene rings is 2. The fourth-order valence-corrected chi connectivity index (χ4v) is 2.69. The highest BCUT2D eigenvalue weighted by Crippen LogP contribution is 2.20. The van der Waals surface area contributed by atoms with Gasteiger partial charge in [-0.2, -0.15) is 0 Å². The van der Waals surface area contributed by atoms with Crippen LogP contribution in [0.3, 0.4) is 0 Å². The van der Waals surface area contributed by atoms with Crippen molar-refractivity contribution in [1.29, 1.82) is 0 Å². The maximum Gasteiger partial charge on any atom is 0.253 e. The van der Waals surface area contributed by atoms with Crippen molar-refractivity contribution in [2.75, 3.05) is 30.0 Å². The molecule has 0 unspecified atom stereocenters. The van der Waals surface area contributed by atoms with Gasteiger partial charge in [0.1, 0.15) is 12.4 Å². The van der Waals surface area contributed by atoms with E-state index in [2.05, 4.69) is 5.32 Å². The third-order valence-electron chi connectivity index (χ3n) is 3.98. The van der Waals surface area contributed by atoms with Crippen molar-refractivity contribution in [3.63, 3.8) is 0 Å². The lowest BCUT2D eigenvalue weighted by Crippen LogP contribution is -2.41. The highest BCUT2D eigenvalue weighted by molar-refractivity contribution is 5.95. The van der Waals surface area contributed by atoms with Crippen molar-refractivity contribution < 1.29 is 18.7 Å². The van der Waals surface area contributed by atoms with Crippen LogP contribution in [0, 0.1) is 5.82 Å². The first-order valence-corrected chi connectivity index (χ1v) is 8.14. The zero-order valence-electron chi connectivity index (χ0n) is 13.7. The van der Waals surface area contributed by atoms with Gasteiger partial charge in [-0.05, 0) is 48.4 Å². The molecule has 0 radical (unpaired) electrons. The van der Waals surface area contributed by atoms with E-state index >= 15 is 0 Å². The van der Waals surface area contributed by atoms with Crippen LogP contribution in [-0.4, -0.2) is 31.6 Å². The third-order valence-corrected chi connectivity index (χ3v) is 3.98. The average Bonchev–Trinajstić information content (AvgIpc) is 2.61. The quantitative estimate of drug-likeness (QED) is 0.909. The second-order valence-corrected chi connectivity index (χ2v) is 5.82. The van der Waals surface area contributed by atoms with E-state index in [0.717, 1.165) is 11.3 Å².